The zero-order valence-electron chi connectivity index (χ0n) is 14.5. The van der Waals surface area contributed by atoms with Crippen LogP contribution in [-0.4, -0.2) is 31.8 Å². The van der Waals surface area contributed by atoms with Gasteiger partial charge in [-0.05, 0) is 37.6 Å². The third-order valence-corrected chi connectivity index (χ3v) is 4.55. The van der Waals surface area contributed by atoms with Crippen molar-refractivity contribution in [3.8, 4) is 11.5 Å². The predicted molar refractivity (Wildman–Crippen MR) is 98.4 cm³/mol. The molecule has 3 aromatic heterocycles. The van der Waals surface area contributed by atoms with E-state index in [1.807, 2.05) is 26.0 Å². The van der Waals surface area contributed by atoms with Gasteiger partial charge in [0, 0.05) is 36.3 Å². The summed E-state index contributed by atoms with van der Waals surface area (Å²) in [4.78, 5) is 20.4. The van der Waals surface area contributed by atoms with Crippen molar-refractivity contribution < 1.29 is 9.21 Å². The zero-order valence-corrected chi connectivity index (χ0v) is 15.4. The van der Waals surface area contributed by atoms with Crippen molar-refractivity contribution >= 4 is 17.7 Å². The first kappa shape index (κ1) is 18.1. The summed E-state index contributed by atoms with van der Waals surface area (Å²) in [6.07, 6.45) is 5.42. The molecule has 0 aliphatic heterocycles. The van der Waals surface area contributed by atoms with Gasteiger partial charge in [0.25, 0.3) is 5.22 Å². The second kappa shape index (κ2) is 8.57. The van der Waals surface area contributed by atoms with Gasteiger partial charge in [0.05, 0.1) is 11.7 Å². The van der Waals surface area contributed by atoms with Crippen LogP contribution in [0.2, 0.25) is 0 Å². The Bertz CT molecular complexity index is 869. The number of nitrogens with zero attached hydrogens (tertiary/aromatic N) is 4. The molecule has 0 bridgehead atoms. The quantitative estimate of drug-likeness (QED) is 0.639. The minimum atomic E-state index is -0.129. The van der Waals surface area contributed by atoms with Crippen LogP contribution in [0.15, 0.2) is 52.5 Å². The fourth-order valence-electron chi connectivity index (χ4n) is 2.44. The van der Waals surface area contributed by atoms with E-state index in [1.165, 1.54) is 11.8 Å². The summed E-state index contributed by atoms with van der Waals surface area (Å²) in [7, 11) is 0. The molecule has 3 aromatic rings. The maximum atomic E-state index is 12.1. The van der Waals surface area contributed by atoms with Gasteiger partial charge in [-0.3, -0.25) is 14.8 Å². The van der Waals surface area contributed by atoms with Crippen LogP contribution in [0.1, 0.15) is 30.6 Å². The molecule has 8 heteroatoms. The van der Waals surface area contributed by atoms with E-state index in [9.17, 15) is 4.79 Å². The molecule has 1 N–H and O–H groups in total. The molecule has 0 spiro atoms. The first-order valence-corrected chi connectivity index (χ1v) is 9.19. The Morgan fingerprint density at radius 2 is 2.04 bits per heavy atom. The SMILES string of the molecule is Cc1cccnc1C(C)NC(=O)CCSc1nnc(-c2ccncc2)o1. The largest absolute Gasteiger partial charge is 0.411 e. The van der Waals surface area contributed by atoms with Gasteiger partial charge >= 0.3 is 0 Å². The number of thioether (sulfide) groups is 1. The molecule has 26 heavy (non-hydrogen) atoms. The van der Waals surface area contributed by atoms with E-state index in [1.54, 1.807) is 30.7 Å². The molecule has 0 aliphatic carbocycles. The Labute approximate surface area is 155 Å². The van der Waals surface area contributed by atoms with E-state index in [0.717, 1.165) is 16.8 Å². The lowest BCUT2D eigenvalue weighted by molar-refractivity contribution is -0.121. The number of aryl methyl sites for hydroxylation is 1. The highest BCUT2D eigenvalue weighted by molar-refractivity contribution is 7.99. The monoisotopic (exact) mass is 369 g/mol. The highest BCUT2D eigenvalue weighted by Gasteiger charge is 2.14. The Kier molecular flexibility index (Phi) is 5.96. The summed E-state index contributed by atoms with van der Waals surface area (Å²) < 4.78 is 5.59. The summed E-state index contributed by atoms with van der Waals surface area (Å²) in [6.45, 7) is 3.91. The molecular formula is C18H19N5O2S. The van der Waals surface area contributed by atoms with Crippen molar-refractivity contribution in [2.24, 2.45) is 0 Å². The highest BCUT2D eigenvalue weighted by atomic mass is 32.2. The van der Waals surface area contributed by atoms with Crippen molar-refractivity contribution in [3.05, 3.63) is 54.1 Å². The number of aromatic nitrogens is 4. The summed E-state index contributed by atoms with van der Waals surface area (Å²) >= 11 is 1.36. The maximum absolute atomic E-state index is 12.1. The van der Waals surface area contributed by atoms with Crippen LogP contribution < -0.4 is 5.32 Å². The molecule has 134 valence electrons. The van der Waals surface area contributed by atoms with Crippen LogP contribution in [-0.2, 0) is 4.79 Å². The van der Waals surface area contributed by atoms with Crippen LogP contribution >= 0.6 is 11.8 Å². The van der Waals surface area contributed by atoms with Crippen molar-refractivity contribution in [1.29, 1.82) is 0 Å². The molecule has 1 amide bonds. The second-order valence-electron chi connectivity index (χ2n) is 5.70. The fourth-order valence-corrected chi connectivity index (χ4v) is 3.14. The Morgan fingerprint density at radius 3 is 2.81 bits per heavy atom. The van der Waals surface area contributed by atoms with Crippen LogP contribution in [0.5, 0.6) is 0 Å². The fraction of sp³-hybridized carbons (Fsp3) is 0.278. The van der Waals surface area contributed by atoms with E-state index in [2.05, 4.69) is 25.5 Å². The van der Waals surface area contributed by atoms with Gasteiger partial charge in [0.1, 0.15) is 0 Å². The van der Waals surface area contributed by atoms with Gasteiger partial charge in [0.2, 0.25) is 11.8 Å². The summed E-state index contributed by atoms with van der Waals surface area (Å²) in [5.41, 5.74) is 2.76. The minimum absolute atomic E-state index is 0.0380. The third kappa shape index (κ3) is 4.66. The first-order valence-electron chi connectivity index (χ1n) is 8.21. The Balaban J connectivity index is 1.47. The lowest BCUT2D eigenvalue weighted by atomic mass is 10.1. The van der Waals surface area contributed by atoms with Crippen LogP contribution in [0.25, 0.3) is 11.5 Å². The molecule has 0 radical (unpaired) electrons. The normalized spacial score (nSPS) is 11.9. The second-order valence-corrected chi connectivity index (χ2v) is 6.75. The Morgan fingerprint density at radius 1 is 1.23 bits per heavy atom. The number of carbonyl (C=O) groups excluding carboxylic acids is 1. The van der Waals surface area contributed by atoms with E-state index >= 15 is 0 Å². The van der Waals surface area contributed by atoms with Crippen molar-refractivity contribution in [1.82, 2.24) is 25.5 Å². The average molecular weight is 369 g/mol. The number of pyridine rings is 2. The lowest BCUT2D eigenvalue weighted by Gasteiger charge is -2.15. The summed E-state index contributed by atoms with van der Waals surface area (Å²) in [6, 6.07) is 7.34. The number of nitrogens with one attached hydrogen (secondary N) is 1. The number of amides is 1. The third-order valence-electron chi connectivity index (χ3n) is 3.73. The van der Waals surface area contributed by atoms with E-state index in [-0.39, 0.29) is 11.9 Å². The topological polar surface area (TPSA) is 93.8 Å². The van der Waals surface area contributed by atoms with Crippen molar-refractivity contribution in [2.45, 2.75) is 31.5 Å². The van der Waals surface area contributed by atoms with Crippen molar-refractivity contribution in [3.63, 3.8) is 0 Å². The average Bonchev–Trinajstić information content (AvgIpc) is 3.11. The molecule has 0 saturated heterocycles. The van der Waals surface area contributed by atoms with E-state index < -0.39 is 0 Å². The molecule has 1 atom stereocenters. The zero-order chi connectivity index (χ0) is 18.4. The number of carbonyl (C=O) groups is 1. The number of hydrogen-bond donors (Lipinski definition) is 1. The number of rotatable bonds is 7. The van der Waals surface area contributed by atoms with Gasteiger partial charge in [0.15, 0.2) is 0 Å². The molecule has 0 fully saturated rings. The lowest BCUT2D eigenvalue weighted by Crippen LogP contribution is -2.27. The molecule has 1 unspecified atom stereocenters. The van der Waals surface area contributed by atoms with Crippen LogP contribution in [0.4, 0.5) is 0 Å². The molecular weight excluding hydrogens is 350 g/mol. The molecule has 0 saturated carbocycles. The predicted octanol–water partition coefficient (Wildman–Crippen LogP) is 3.19. The van der Waals surface area contributed by atoms with Gasteiger partial charge in [-0.15, -0.1) is 10.2 Å². The first-order chi connectivity index (χ1) is 12.6. The molecule has 0 aromatic carbocycles. The van der Waals surface area contributed by atoms with Gasteiger partial charge < -0.3 is 9.73 Å². The molecule has 0 aliphatic rings. The van der Waals surface area contributed by atoms with Crippen LogP contribution in [0, 0.1) is 6.92 Å². The molecule has 3 rings (SSSR count). The maximum Gasteiger partial charge on any atom is 0.276 e. The number of hydrogen-bond acceptors (Lipinski definition) is 7. The van der Waals surface area contributed by atoms with Gasteiger partial charge in [-0.1, -0.05) is 17.8 Å². The smallest absolute Gasteiger partial charge is 0.276 e. The van der Waals surface area contributed by atoms with Crippen LogP contribution in [0.3, 0.4) is 0 Å². The molecule has 7 nitrogen and oxygen atoms in total. The van der Waals surface area contributed by atoms with Gasteiger partial charge in [-0.25, -0.2) is 0 Å². The van der Waals surface area contributed by atoms with E-state index in [0.29, 0.717) is 23.3 Å². The highest BCUT2D eigenvalue weighted by Crippen LogP contribution is 2.23. The van der Waals surface area contributed by atoms with E-state index in [4.69, 9.17) is 4.42 Å². The summed E-state index contributed by atoms with van der Waals surface area (Å²) in [5.74, 6) is 0.958. The standard InChI is InChI=1S/C18H19N5O2S/c1-12-4-3-8-20-16(12)13(2)21-15(24)7-11-26-18-23-22-17(25-18)14-5-9-19-10-6-14/h3-6,8-10,13H,7,11H2,1-2H3,(H,21,24). The minimum Gasteiger partial charge on any atom is -0.411 e. The summed E-state index contributed by atoms with van der Waals surface area (Å²) in [5, 5.41) is 11.4. The van der Waals surface area contributed by atoms with Gasteiger partial charge in [-0.2, -0.15) is 0 Å². The van der Waals surface area contributed by atoms with Crippen molar-refractivity contribution in [2.75, 3.05) is 5.75 Å². The Hall–Kier alpha value is -2.74. The molecule has 3 heterocycles.